The van der Waals surface area contributed by atoms with Gasteiger partial charge in [0.2, 0.25) is 5.91 Å². The number of carboxylic acid groups (broad SMARTS) is 1. The van der Waals surface area contributed by atoms with E-state index in [1.165, 1.54) is 38.2 Å². The van der Waals surface area contributed by atoms with E-state index in [9.17, 15) is 27.9 Å². The van der Waals surface area contributed by atoms with E-state index in [0.717, 1.165) is 37.6 Å². The van der Waals surface area contributed by atoms with Crippen LogP contribution in [0.5, 0.6) is 0 Å². The molecule has 3 heterocycles. The average molecular weight is 536 g/mol. The van der Waals surface area contributed by atoms with Gasteiger partial charge < -0.3 is 14.9 Å². The number of piperidine rings is 1. The summed E-state index contributed by atoms with van der Waals surface area (Å²) in [7, 11) is 0. The number of likely N-dealkylation sites (tertiary alicyclic amines) is 2. The van der Waals surface area contributed by atoms with Crippen LogP contribution in [0.2, 0.25) is 0 Å². The maximum Gasteiger partial charge on any atom is 0.416 e. The fourth-order valence-corrected chi connectivity index (χ4v) is 7.22. The molecule has 2 unspecified atom stereocenters. The lowest BCUT2D eigenvalue weighted by Crippen LogP contribution is -2.44. The van der Waals surface area contributed by atoms with Crippen LogP contribution in [0.4, 0.5) is 18.9 Å². The van der Waals surface area contributed by atoms with Crippen molar-refractivity contribution in [2.75, 3.05) is 44.2 Å². The van der Waals surface area contributed by atoms with Gasteiger partial charge in [0.25, 0.3) is 0 Å². The van der Waals surface area contributed by atoms with Crippen molar-refractivity contribution in [2.45, 2.75) is 82.8 Å². The fourth-order valence-electron chi connectivity index (χ4n) is 7.22. The second-order valence-corrected chi connectivity index (χ2v) is 12.2. The average Bonchev–Trinajstić information content (AvgIpc) is 3.56. The number of alkyl halides is 3. The first kappa shape index (κ1) is 27.3. The van der Waals surface area contributed by atoms with Crippen molar-refractivity contribution in [3.05, 3.63) is 29.3 Å². The van der Waals surface area contributed by atoms with Crippen molar-refractivity contribution in [3.8, 4) is 0 Å². The zero-order valence-electron chi connectivity index (χ0n) is 22.3. The summed E-state index contributed by atoms with van der Waals surface area (Å²) in [5.74, 6) is -1.16. The number of rotatable bonds is 5. The lowest BCUT2D eigenvalue weighted by atomic mass is 9.87. The van der Waals surface area contributed by atoms with E-state index in [1.807, 2.05) is 9.80 Å². The zero-order valence-corrected chi connectivity index (χ0v) is 22.3. The van der Waals surface area contributed by atoms with Gasteiger partial charge in [-0.05, 0) is 69.7 Å². The number of hydrogen-bond acceptors (Lipinski definition) is 4. The number of carbonyl (C=O) groups excluding carboxylic acids is 1. The van der Waals surface area contributed by atoms with Crippen LogP contribution >= 0.6 is 0 Å². The lowest BCUT2D eigenvalue weighted by Gasteiger charge is -2.35. The van der Waals surface area contributed by atoms with E-state index in [4.69, 9.17) is 0 Å². The molecule has 4 aliphatic rings. The van der Waals surface area contributed by atoms with Crippen LogP contribution in [0.25, 0.3) is 0 Å². The summed E-state index contributed by atoms with van der Waals surface area (Å²) in [6.07, 6.45) is 4.22. The smallest absolute Gasteiger partial charge is 0.416 e. The Labute approximate surface area is 223 Å². The Kier molecular flexibility index (Phi) is 7.68. The van der Waals surface area contributed by atoms with Gasteiger partial charge in [0.05, 0.1) is 16.9 Å². The molecule has 0 radical (unpaired) electrons. The number of amides is 1. The first-order chi connectivity index (χ1) is 18.0. The Balaban J connectivity index is 1.30. The molecular formula is C29H40F3N3O3. The van der Waals surface area contributed by atoms with Crippen molar-refractivity contribution in [1.82, 2.24) is 9.80 Å². The highest BCUT2D eigenvalue weighted by molar-refractivity contribution is 5.83. The fraction of sp³-hybridized carbons (Fsp3) is 0.724. The molecule has 1 saturated carbocycles. The van der Waals surface area contributed by atoms with E-state index in [-0.39, 0.29) is 11.8 Å². The standard InChI is InChI=1S/C29H40F3N3O3/c1-28(12-16-35(19-28)23-5-3-2-4-6-23)27(38)34-15-11-21(18-34)24-8-7-22(29(30,31)32)17-25(24)33-13-9-20(10-14-33)26(36)37/h7-8,17,20-21,23H,2-6,9-16,18-19H2,1H3,(H,36,37). The predicted molar refractivity (Wildman–Crippen MR) is 139 cm³/mol. The summed E-state index contributed by atoms with van der Waals surface area (Å²) in [5, 5.41) is 9.35. The zero-order chi connectivity index (χ0) is 27.1. The largest absolute Gasteiger partial charge is 0.481 e. The minimum absolute atomic E-state index is 0.0344. The van der Waals surface area contributed by atoms with Gasteiger partial charge >= 0.3 is 12.1 Å². The van der Waals surface area contributed by atoms with Crippen LogP contribution in [0, 0.1) is 11.3 Å². The molecule has 9 heteroatoms. The highest BCUT2D eigenvalue weighted by Gasteiger charge is 2.46. The van der Waals surface area contributed by atoms with Crippen molar-refractivity contribution >= 4 is 17.6 Å². The van der Waals surface area contributed by atoms with E-state index in [2.05, 4.69) is 11.8 Å². The molecule has 4 fully saturated rings. The Morgan fingerprint density at radius 1 is 0.974 bits per heavy atom. The molecule has 5 rings (SSSR count). The van der Waals surface area contributed by atoms with E-state index < -0.39 is 29.0 Å². The summed E-state index contributed by atoms with van der Waals surface area (Å²) in [4.78, 5) is 31.5. The van der Waals surface area contributed by atoms with Crippen LogP contribution in [0.3, 0.4) is 0 Å². The molecule has 38 heavy (non-hydrogen) atoms. The summed E-state index contributed by atoms with van der Waals surface area (Å²) >= 11 is 0. The van der Waals surface area contributed by atoms with Crippen molar-refractivity contribution in [2.24, 2.45) is 11.3 Å². The maximum atomic E-state index is 13.7. The van der Waals surface area contributed by atoms with Gasteiger partial charge in [-0.15, -0.1) is 0 Å². The number of anilines is 1. The number of aliphatic carboxylic acids is 1. The van der Waals surface area contributed by atoms with Crippen molar-refractivity contribution in [1.29, 1.82) is 0 Å². The molecule has 1 aromatic rings. The Morgan fingerprint density at radius 2 is 1.68 bits per heavy atom. The Hall–Kier alpha value is -2.29. The topological polar surface area (TPSA) is 64.1 Å². The minimum atomic E-state index is -4.45. The number of halogens is 3. The van der Waals surface area contributed by atoms with Crippen LogP contribution in [0.1, 0.15) is 81.8 Å². The van der Waals surface area contributed by atoms with Gasteiger partial charge in [0.15, 0.2) is 0 Å². The third-order valence-electron chi connectivity index (χ3n) is 9.57. The van der Waals surface area contributed by atoms with Gasteiger partial charge in [-0.1, -0.05) is 25.3 Å². The Morgan fingerprint density at radius 3 is 2.34 bits per heavy atom. The highest BCUT2D eigenvalue weighted by atomic mass is 19.4. The second kappa shape index (κ2) is 10.7. The number of carboxylic acids is 1. The van der Waals surface area contributed by atoms with Gasteiger partial charge in [-0.2, -0.15) is 13.2 Å². The summed E-state index contributed by atoms with van der Waals surface area (Å²) in [6, 6.07) is 4.54. The molecule has 0 aromatic heterocycles. The van der Waals surface area contributed by atoms with Crippen LogP contribution in [0.15, 0.2) is 18.2 Å². The molecule has 2 atom stereocenters. The van der Waals surface area contributed by atoms with Gasteiger partial charge in [-0.3, -0.25) is 14.5 Å². The summed E-state index contributed by atoms with van der Waals surface area (Å²) < 4.78 is 40.8. The Bertz CT molecular complexity index is 1030. The van der Waals surface area contributed by atoms with Crippen LogP contribution in [-0.4, -0.2) is 72.1 Å². The van der Waals surface area contributed by atoms with Gasteiger partial charge in [0, 0.05) is 50.4 Å². The van der Waals surface area contributed by atoms with E-state index in [1.54, 1.807) is 6.07 Å². The molecule has 1 amide bonds. The lowest BCUT2D eigenvalue weighted by molar-refractivity contribution is -0.142. The molecule has 6 nitrogen and oxygen atoms in total. The first-order valence-electron chi connectivity index (χ1n) is 14.3. The molecule has 0 bridgehead atoms. The van der Waals surface area contributed by atoms with Crippen LogP contribution in [-0.2, 0) is 15.8 Å². The summed E-state index contributed by atoms with van der Waals surface area (Å²) in [6.45, 7) is 5.79. The maximum absolute atomic E-state index is 13.7. The number of carbonyl (C=O) groups is 2. The monoisotopic (exact) mass is 535 g/mol. The number of hydrogen-bond donors (Lipinski definition) is 1. The first-order valence-corrected chi connectivity index (χ1v) is 14.3. The predicted octanol–water partition coefficient (Wildman–Crippen LogP) is 5.37. The highest BCUT2D eigenvalue weighted by Crippen LogP contribution is 2.42. The van der Waals surface area contributed by atoms with Crippen LogP contribution < -0.4 is 4.90 Å². The van der Waals surface area contributed by atoms with Crippen molar-refractivity contribution in [3.63, 3.8) is 0 Å². The number of nitrogens with zero attached hydrogens (tertiary/aromatic N) is 3. The van der Waals surface area contributed by atoms with Gasteiger partial charge in [0.1, 0.15) is 0 Å². The third-order valence-corrected chi connectivity index (χ3v) is 9.57. The van der Waals surface area contributed by atoms with E-state index in [0.29, 0.717) is 50.7 Å². The molecule has 0 spiro atoms. The molecule has 3 aliphatic heterocycles. The number of benzene rings is 1. The third kappa shape index (κ3) is 5.54. The SMILES string of the molecule is CC1(C(=O)N2CCC(c3ccc(C(F)(F)F)cc3N3CCC(C(=O)O)CC3)C2)CCN(C2CCCCC2)C1. The summed E-state index contributed by atoms with van der Waals surface area (Å²) in [5.41, 5.74) is 0.276. The molecular weight excluding hydrogens is 495 g/mol. The van der Waals surface area contributed by atoms with Crippen molar-refractivity contribution < 1.29 is 27.9 Å². The normalized spacial score (nSPS) is 28.3. The molecule has 210 valence electrons. The minimum Gasteiger partial charge on any atom is -0.481 e. The molecule has 1 aliphatic carbocycles. The molecule has 1 N–H and O–H groups in total. The molecule has 3 saturated heterocycles. The second-order valence-electron chi connectivity index (χ2n) is 12.2. The van der Waals surface area contributed by atoms with Gasteiger partial charge in [-0.25, -0.2) is 0 Å². The molecule has 1 aromatic carbocycles. The quantitative estimate of drug-likeness (QED) is 0.550. The van der Waals surface area contributed by atoms with E-state index >= 15 is 0 Å².